The molecule has 3 aromatic rings. The summed E-state index contributed by atoms with van der Waals surface area (Å²) in [6, 6.07) is 14.1. The fourth-order valence-corrected chi connectivity index (χ4v) is 4.58. The highest BCUT2D eigenvalue weighted by atomic mass is 32.2. The van der Waals surface area contributed by atoms with Crippen LogP contribution in [0.5, 0.6) is 0 Å². The Labute approximate surface area is 179 Å². The Morgan fingerprint density at radius 2 is 1.90 bits per heavy atom. The van der Waals surface area contributed by atoms with Gasteiger partial charge in [0.05, 0.1) is 16.5 Å². The smallest absolute Gasteiger partial charge is 0.408 e. The first-order valence-electron chi connectivity index (χ1n) is 9.86. The summed E-state index contributed by atoms with van der Waals surface area (Å²) in [5.41, 5.74) is 1.83. The second kappa shape index (κ2) is 8.66. The van der Waals surface area contributed by atoms with E-state index >= 15 is 0 Å². The maximum absolute atomic E-state index is 12.7. The number of carbonyl (C=O) groups is 1. The molecule has 0 radical (unpaired) electrons. The molecule has 1 unspecified atom stereocenters. The van der Waals surface area contributed by atoms with E-state index in [2.05, 4.69) is 4.72 Å². The number of rotatable bonds is 7. The van der Waals surface area contributed by atoms with Crippen molar-refractivity contribution in [3.05, 3.63) is 64.6 Å². The number of morpholine rings is 1. The van der Waals surface area contributed by atoms with Crippen molar-refractivity contribution >= 4 is 27.0 Å². The highest BCUT2D eigenvalue weighted by Crippen LogP contribution is 2.18. The first kappa shape index (κ1) is 21.3. The van der Waals surface area contributed by atoms with Gasteiger partial charge in [0.25, 0.3) is 0 Å². The van der Waals surface area contributed by atoms with Crippen molar-refractivity contribution in [2.75, 3.05) is 26.2 Å². The van der Waals surface area contributed by atoms with Crippen LogP contribution >= 0.6 is 0 Å². The lowest BCUT2D eigenvalue weighted by Crippen LogP contribution is -2.50. The molecule has 1 amide bonds. The number of benzene rings is 2. The van der Waals surface area contributed by atoms with E-state index in [4.69, 9.17) is 9.15 Å². The van der Waals surface area contributed by atoms with Crippen molar-refractivity contribution in [2.24, 2.45) is 7.05 Å². The van der Waals surface area contributed by atoms with Crippen LogP contribution in [-0.4, -0.2) is 56.1 Å². The fourth-order valence-electron chi connectivity index (χ4n) is 3.50. The van der Waals surface area contributed by atoms with Crippen molar-refractivity contribution in [3.63, 3.8) is 0 Å². The molecular formula is C21H23N3O6S. The van der Waals surface area contributed by atoms with Gasteiger partial charge in [0.1, 0.15) is 6.61 Å². The molecule has 2 aromatic carbocycles. The Kier molecular flexibility index (Phi) is 5.94. The molecule has 1 N–H and O–H groups in total. The van der Waals surface area contributed by atoms with Crippen molar-refractivity contribution in [1.82, 2.24) is 14.2 Å². The lowest BCUT2D eigenvalue weighted by Gasteiger charge is -2.32. The summed E-state index contributed by atoms with van der Waals surface area (Å²) in [5, 5.41) is 0. The maximum atomic E-state index is 12.7. The predicted octanol–water partition coefficient (Wildman–Crippen LogP) is 0.880. The van der Waals surface area contributed by atoms with Crippen molar-refractivity contribution in [2.45, 2.75) is 17.4 Å². The van der Waals surface area contributed by atoms with Crippen LogP contribution in [-0.2, 0) is 33.0 Å². The highest BCUT2D eigenvalue weighted by molar-refractivity contribution is 7.89. The summed E-state index contributed by atoms with van der Waals surface area (Å²) in [4.78, 5) is 25.5. The molecule has 1 aromatic heterocycles. The van der Waals surface area contributed by atoms with Gasteiger partial charge in [-0.1, -0.05) is 30.3 Å². The third-order valence-electron chi connectivity index (χ3n) is 5.31. The number of nitrogens with zero attached hydrogens (tertiary/aromatic N) is 2. The molecule has 1 atom stereocenters. The fraction of sp³-hybridized carbons (Fsp3) is 0.333. The minimum absolute atomic E-state index is 0.0119. The molecular weight excluding hydrogens is 422 g/mol. The second-order valence-corrected chi connectivity index (χ2v) is 9.18. The van der Waals surface area contributed by atoms with Crippen LogP contribution in [0.2, 0.25) is 0 Å². The minimum Gasteiger partial charge on any atom is -0.408 e. The molecule has 31 heavy (non-hydrogen) atoms. The molecule has 2 heterocycles. The van der Waals surface area contributed by atoms with Gasteiger partial charge in [-0.25, -0.2) is 17.9 Å². The third-order valence-corrected chi connectivity index (χ3v) is 6.73. The van der Waals surface area contributed by atoms with Gasteiger partial charge in [-0.05, 0) is 24.1 Å². The number of aromatic nitrogens is 1. The largest absolute Gasteiger partial charge is 0.419 e. The van der Waals surface area contributed by atoms with Gasteiger partial charge >= 0.3 is 5.76 Å². The van der Waals surface area contributed by atoms with Gasteiger partial charge in [0.2, 0.25) is 15.9 Å². The third kappa shape index (κ3) is 4.71. The van der Waals surface area contributed by atoms with E-state index in [9.17, 15) is 18.0 Å². The Morgan fingerprint density at radius 1 is 1.13 bits per heavy atom. The second-order valence-electron chi connectivity index (χ2n) is 7.42. The molecule has 164 valence electrons. The Morgan fingerprint density at radius 3 is 2.68 bits per heavy atom. The first-order chi connectivity index (χ1) is 14.8. The Balaban J connectivity index is 1.38. The minimum atomic E-state index is -3.85. The number of oxazole rings is 1. The zero-order valence-electron chi connectivity index (χ0n) is 17.0. The van der Waals surface area contributed by atoms with E-state index in [-0.39, 0.29) is 29.5 Å². The molecule has 0 saturated carbocycles. The predicted molar refractivity (Wildman–Crippen MR) is 113 cm³/mol. The van der Waals surface area contributed by atoms with Gasteiger partial charge in [-0.3, -0.25) is 9.36 Å². The lowest BCUT2D eigenvalue weighted by molar-refractivity contribution is -0.148. The van der Waals surface area contributed by atoms with E-state index in [0.717, 1.165) is 5.56 Å². The van der Waals surface area contributed by atoms with Crippen molar-refractivity contribution < 1.29 is 22.4 Å². The number of nitrogens with one attached hydrogen (secondary N) is 1. The van der Waals surface area contributed by atoms with Gasteiger partial charge in [0.15, 0.2) is 5.58 Å². The van der Waals surface area contributed by atoms with Crippen LogP contribution in [0.1, 0.15) is 5.56 Å². The van der Waals surface area contributed by atoms with Crippen LogP contribution in [0, 0.1) is 0 Å². The van der Waals surface area contributed by atoms with E-state index in [0.29, 0.717) is 25.0 Å². The number of ether oxygens (including phenoxy) is 1. The number of carbonyl (C=O) groups excluding carboxylic acids is 1. The van der Waals surface area contributed by atoms with E-state index in [1.807, 2.05) is 30.3 Å². The number of sulfonamides is 1. The van der Waals surface area contributed by atoms with Crippen LogP contribution in [0.25, 0.3) is 11.1 Å². The summed E-state index contributed by atoms with van der Waals surface area (Å²) in [6.45, 7) is 0.788. The molecule has 1 fully saturated rings. The molecule has 10 heteroatoms. The molecule has 1 saturated heterocycles. The van der Waals surface area contributed by atoms with Gasteiger partial charge in [-0.2, -0.15) is 0 Å². The quantitative estimate of drug-likeness (QED) is 0.578. The zero-order chi connectivity index (χ0) is 22.0. The molecule has 1 aliphatic heterocycles. The van der Waals surface area contributed by atoms with Gasteiger partial charge in [-0.15, -0.1) is 0 Å². The maximum Gasteiger partial charge on any atom is 0.419 e. The Hall–Kier alpha value is -2.95. The molecule has 0 aliphatic carbocycles. The number of hydrogen-bond acceptors (Lipinski definition) is 6. The highest BCUT2D eigenvalue weighted by Gasteiger charge is 2.27. The molecule has 1 aliphatic rings. The van der Waals surface area contributed by atoms with Crippen LogP contribution < -0.4 is 10.5 Å². The van der Waals surface area contributed by atoms with Crippen LogP contribution in [0.15, 0.2) is 62.6 Å². The number of hydrogen-bond donors (Lipinski definition) is 1. The van der Waals surface area contributed by atoms with Crippen molar-refractivity contribution in [3.8, 4) is 0 Å². The summed E-state index contributed by atoms with van der Waals surface area (Å²) >= 11 is 0. The zero-order valence-corrected chi connectivity index (χ0v) is 17.8. The van der Waals surface area contributed by atoms with E-state index in [1.54, 1.807) is 11.9 Å². The summed E-state index contributed by atoms with van der Waals surface area (Å²) < 4.78 is 39.8. The normalized spacial score (nSPS) is 17.4. The van der Waals surface area contributed by atoms with Crippen LogP contribution in [0.3, 0.4) is 0 Å². The van der Waals surface area contributed by atoms with Gasteiger partial charge < -0.3 is 14.1 Å². The lowest BCUT2D eigenvalue weighted by atomic mass is 10.1. The summed E-state index contributed by atoms with van der Waals surface area (Å²) in [5.74, 6) is -0.673. The standard InChI is InChI=1S/C21H23N3O6S/c1-23-18-8-7-17(11-19(18)30-21(23)26)31(27,28)22-12-16-13-24(20(25)14-29-16)10-9-15-5-3-2-4-6-15/h2-8,11,16,22H,9-10,12-14H2,1H3. The Bertz CT molecular complexity index is 1250. The number of fused-ring (bicyclic) bond motifs is 1. The van der Waals surface area contributed by atoms with Crippen LogP contribution in [0.4, 0.5) is 0 Å². The molecule has 0 spiro atoms. The number of amides is 1. The summed E-state index contributed by atoms with van der Waals surface area (Å²) in [6.07, 6.45) is 0.259. The van der Waals surface area contributed by atoms with Gasteiger partial charge in [0, 0.05) is 32.7 Å². The van der Waals surface area contributed by atoms with E-state index < -0.39 is 21.9 Å². The average Bonchev–Trinajstić information content (AvgIpc) is 3.06. The number of aryl methyl sites for hydroxylation is 1. The first-order valence-corrected chi connectivity index (χ1v) is 11.3. The van der Waals surface area contributed by atoms with E-state index in [1.165, 1.54) is 22.8 Å². The molecule has 9 nitrogen and oxygen atoms in total. The summed E-state index contributed by atoms with van der Waals surface area (Å²) in [7, 11) is -2.30. The topological polar surface area (TPSA) is 111 Å². The molecule has 0 bridgehead atoms. The monoisotopic (exact) mass is 445 g/mol. The SMILES string of the molecule is Cn1c(=O)oc2cc(S(=O)(=O)NCC3CN(CCc4ccccc4)C(=O)CO3)ccc21. The average molecular weight is 445 g/mol. The molecule has 4 rings (SSSR count). The van der Waals surface area contributed by atoms with Crippen molar-refractivity contribution in [1.29, 1.82) is 0 Å².